The highest BCUT2D eigenvalue weighted by molar-refractivity contribution is 7.99. The lowest BCUT2D eigenvalue weighted by Gasteiger charge is -2.10. The molecule has 27 heavy (non-hydrogen) atoms. The number of thioether (sulfide) groups is 1. The average molecular weight is 393 g/mol. The second kappa shape index (κ2) is 8.26. The van der Waals surface area contributed by atoms with Crippen molar-refractivity contribution in [1.29, 1.82) is 0 Å². The van der Waals surface area contributed by atoms with E-state index in [1.54, 1.807) is 31.2 Å². The summed E-state index contributed by atoms with van der Waals surface area (Å²) in [7, 11) is 0. The topological polar surface area (TPSA) is 67.9 Å². The van der Waals surface area contributed by atoms with Gasteiger partial charge < -0.3 is 4.74 Å². The number of ketones is 1. The third-order valence-electron chi connectivity index (χ3n) is 3.58. The van der Waals surface area contributed by atoms with Crippen molar-refractivity contribution < 1.29 is 22.7 Å². The normalized spacial score (nSPS) is 11.0. The van der Waals surface area contributed by atoms with Crippen LogP contribution in [-0.4, -0.2) is 33.3 Å². The Bertz CT molecular complexity index is 963. The molecule has 1 N–H and O–H groups in total. The number of H-pyrrole nitrogens is 1. The third kappa shape index (κ3) is 4.68. The molecule has 9 heteroatoms. The second-order valence-electron chi connectivity index (χ2n) is 5.54. The average Bonchev–Trinajstić information content (AvgIpc) is 3.10. The van der Waals surface area contributed by atoms with Crippen LogP contribution >= 0.6 is 11.8 Å². The molecule has 0 saturated heterocycles. The summed E-state index contributed by atoms with van der Waals surface area (Å²) >= 11 is 1.01. The zero-order valence-corrected chi connectivity index (χ0v) is 14.9. The van der Waals surface area contributed by atoms with E-state index < -0.39 is 18.2 Å². The molecule has 0 aliphatic heterocycles. The van der Waals surface area contributed by atoms with Gasteiger partial charge in [-0.1, -0.05) is 35.5 Å². The molecule has 0 saturated carbocycles. The van der Waals surface area contributed by atoms with Crippen LogP contribution in [0.3, 0.4) is 0 Å². The monoisotopic (exact) mass is 393 g/mol. The number of benzene rings is 2. The van der Waals surface area contributed by atoms with Crippen molar-refractivity contribution in [3.05, 3.63) is 59.4 Å². The van der Waals surface area contributed by atoms with Gasteiger partial charge >= 0.3 is 6.61 Å². The fourth-order valence-electron chi connectivity index (χ4n) is 2.35. The van der Waals surface area contributed by atoms with E-state index in [0.29, 0.717) is 0 Å². The molecule has 0 bridgehead atoms. The molecule has 140 valence electrons. The summed E-state index contributed by atoms with van der Waals surface area (Å²) in [4.78, 5) is 16.6. The molecular formula is C18H14F3N3O2S. The first kappa shape index (κ1) is 19.0. The zero-order valence-electron chi connectivity index (χ0n) is 14.1. The number of rotatable bonds is 7. The van der Waals surface area contributed by atoms with Gasteiger partial charge in [-0.25, -0.2) is 9.37 Å². The maximum atomic E-state index is 13.8. The minimum absolute atomic E-state index is 0.0627. The molecule has 0 radical (unpaired) electrons. The quantitative estimate of drug-likeness (QED) is 0.473. The molecular weight excluding hydrogens is 379 g/mol. The van der Waals surface area contributed by atoms with Crippen molar-refractivity contribution in [2.45, 2.75) is 18.7 Å². The number of hydrogen-bond acceptors (Lipinski definition) is 5. The molecule has 0 unspecified atom stereocenters. The van der Waals surface area contributed by atoms with E-state index in [2.05, 4.69) is 19.9 Å². The fourth-order valence-corrected chi connectivity index (χ4v) is 3.03. The summed E-state index contributed by atoms with van der Waals surface area (Å²) in [5, 5.41) is 6.80. The number of nitrogens with zero attached hydrogens (tertiary/aromatic N) is 2. The minimum Gasteiger partial charge on any atom is -0.434 e. The van der Waals surface area contributed by atoms with E-state index in [1.807, 2.05) is 0 Å². The number of Topliss-reactive ketones (excluding diaryl/α,β-unsaturated/α-hetero) is 1. The van der Waals surface area contributed by atoms with Crippen LogP contribution in [0.1, 0.15) is 15.9 Å². The van der Waals surface area contributed by atoms with Gasteiger partial charge in [0, 0.05) is 0 Å². The molecule has 0 aliphatic rings. The summed E-state index contributed by atoms with van der Waals surface area (Å²) in [6.07, 6.45) is 0. The van der Waals surface area contributed by atoms with Crippen molar-refractivity contribution in [2.75, 3.05) is 5.75 Å². The van der Waals surface area contributed by atoms with Crippen LogP contribution in [0.15, 0.2) is 47.6 Å². The third-order valence-corrected chi connectivity index (χ3v) is 4.43. The largest absolute Gasteiger partial charge is 0.434 e. The highest BCUT2D eigenvalue weighted by atomic mass is 32.2. The van der Waals surface area contributed by atoms with Gasteiger partial charge in [0.25, 0.3) is 0 Å². The van der Waals surface area contributed by atoms with E-state index >= 15 is 0 Å². The van der Waals surface area contributed by atoms with Gasteiger partial charge in [0.1, 0.15) is 11.6 Å². The molecule has 0 spiro atoms. The van der Waals surface area contributed by atoms with E-state index in [1.165, 1.54) is 18.2 Å². The van der Waals surface area contributed by atoms with Crippen LogP contribution in [0, 0.1) is 12.7 Å². The van der Waals surface area contributed by atoms with Crippen molar-refractivity contribution in [3.8, 4) is 17.1 Å². The number of carbonyl (C=O) groups excluding carboxylic acids is 1. The van der Waals surface area contributed by atoms with Gasteiger partial charge in [-0.3, -0.25) is 9.89 Å². The van der Waals surface area contributed by atoms with Gasteiger partial charge in [0.2, 0.25) is 5.16 Å². The Morgan fingerprint density at radius 2 is 2.04 bits per heavy atom. The van der Waals surface area contributed by atoms with Crippen molar-refractivity contribution in [2.24, 2.45) is 0 Å². The maximum Gasteiger partial charge on any atom is 0.387 e. The lowest BCUT2D eigenvalue weighted by Crippen LogP contribution is -2.10. The first-order chi connectivity index (χ1) is 12.9. The molecule has 2 aromatic carbocycles. The number of aryl methyl sites for hydroxylation is 1. The van der Waals surface area contributed by atoms with Crippen molar-refractivity contribution in [1.82, 2.24) is 15.2 Å². The van der Waals surface area contributed by atoms with Gasteiger partial charge in [-0.15, -0.1) is 5.10 Å². The number of ether oxygens (including phenoxy) is 1. The highest BCUT2D eigenvalue weighted by Gasteiger charge is 2.18. The molecule has 0 aliphatic carbocycles. The summed E-state index contributed by atoms with van der Waals surface area (Å²) in [5.41, 5.74) is 1.06. The predicted molar refractivity (Wildman–Crippen MR) is 94.6 cm³/mol. The summed E-state index contributed by atoms with van der Waals surface area (Å²) in [6, 6.07) is 10.5. The molecule has 5 nitrogen and oxygen atoms in total. The standard InChI is InChI=1S/C18H14F3N3O2S/c1-10-6-7-15(26-17(20)21)12(8-10)14(25)9-27-18-22-16(23-24-18)11-4-2-3-5-13(11)19/h2-8,17H,9H2,1H3,(H,22,23,24). The Kier molecular flexibility index (Phi) is 5.80. The molecule has 1 heterocycles. The van der Waals surface area contributed by atoms with Crippen LogP contribution in [0.5, 0.6) is 5.75 Å². The van der Waals surface area contributed by atoms with Gasteiger partial charge in [-0.05, 0) is 31.2 Å². The smallest absolute Gasteiger partial charge is 0.387 e. The van der Waals surface area contributed by atoms with Gasteiger partial charge in [0.15, 0.2) is 11.6 Å². The first-order valence-electron chi connectivity index (χ1n) is 7.83. The highest BCUT2D eigenvalue weighted by Crippen LogP contribution is 2.26. The van der Waals surface area contributed by atoms with E-state index in [4.69, 9.17) is 0 Å². The molecule has 1 aromatic heterocycles. The van der Waals surface area contributed by atoms with E-state index in [-0.39, 0.29) is 33.6 Å². The van der Waals surface area contributed by atoms with Crippen LogP contribution in [0.2, 0.25) is 0 Å². The van der Waals surface area contributed by atoms with Crippen LogP contribution in [0.4, 0.5) is 13.2 Å². The Morgan fingerprint density at radius 3 is 2.78 bits per heavy atom. The Hall–Kier alpha value is -2.81. The second-order valence-corrected chi connectivity index (χ2v) is 6.48. The number of carbonyl (C=O) groups is 1. The summed E-state index contributed by atoms with van der Waals surface area (Å²) in [5.74, 6) is -0.882. The first-order valence-corrected chi connectivity index (χ1v) is 8.81. The number of aromatic amines is 1. The Balaban J connectivity index is 1.72. The molecule has 0 atom stereocenters. The maximum absolute atomic E-state index is 13.8. The van der Waals surface area contributed by atoms with Crippen molar-refractivity contribution >= 4 is 17.5 Å². The fraction of sp³-hybridized carbons (Fsp3) is 0.167. The van der Waals surface area contributed by atoms with E-state index in [9.17, 15) is 18.0 Å². The number of nitrogens with one attached hydrogen (secondary N) is 1. The zero-order chi connectivity index (χ0) is 19.4. The number of alkyl halides is 2. The number of aromatic nitrogens is 3. The number of hydrogen-bond donors (Lipinski definition) is 1. The molecule has 0 fully saturated rings. The lowest BCUT2D eigenvalue weighted by atomic mass is 10.1. The lowest BCUT2D eigenvalue weighted by molar-refractivity contribution is -0.0501. The summed E-state index contributed by atoms with van der Waals surface area (Å²) < 4.78 is 43.2. The molecule has 3 aromatic rings. The van der Waals surface area contributed by atoms with E-state index in [0.717, 1.165) is 17.3 Å². The Labute approximate surface area is 157 Å². The molecule has 0 amide bonds. The van der Waals surface area contributed by atoms with Gasteiger partial charge in [-0.2, -0.15) is 8.78 Å². The molecule has 3 rings (SSSR count). The van der Waals surface area contributed by atoms with Gasteiger partial charge in [0.05, 0.1) is 16.9 Å². The number of halogens is 3. The van der Waals surface area contributed by atoms with Crippen LogP contribution in [0.25, 0.3) is 11.4 Å². The summed E-state index contributed by atoms with van der Waals surface area (Å²) in [6.45, 7) is -1.28. The van der Waals surface area contributed by atoms with Crippen molar-refractivity contribution in [3.63, 3.8) is 0 Å². The van der Waals surface area contributed by atoms with Crippen LogP contribution in [-0.2, 0) is 0 Å². The Morgan fingerprint density at radius 1 is 1.26 bits per heavy atom. The predicted octanol–water partition coefficient (Wildman–Crippen LogP) is 4.50. The SMILES string of the molecule is Cc1ccc(OC(F)F)c(C(=O)CSc2n[nH]c(-c3ccccc3F)n2)c1. The minimum atomic E-state index is -3.02. The van der Waals surface area contributed by atoms with Crippen LogP contribution < -0.4 is 4.74 Å².